The fourth-order valence-electron chi connectivity index (χ4n) is 0.707. The highest BCUT2D eigenvalue weighted by Crippen LogP contribution is 2.19. The Morgan fingerprint density at radius 3 is 2.36 bits per heavy atom. The fraction of sp³-hybridized carbons (Fsp3) is 0.500. The number of hydrogen-bond donors (Lipinski definition) is 1. The number of rotatable bonds is 3. The normalized spacial score (nSPS) is 13.8. The van der Waals surface area contributed by atoms with Crippen LogP contribution in [0.3, 0.4) is 0 Å². The van der Waals surface area contributed by atoms with Crippen LogP contribution in [0.25, 0.3) is 0 Å². The third-order valence-corrected chi connectivity index (χ3v) is 2.28. The van der Waals surface area contributed by atoms with Gasteiger partial charge in [-0.1, -0.05) is 0 Å². The smallest absolute Gasteiger partial charge is 0.264 e. The average Bonchev–Trinajstić information content (AvgIpc) is 2.07. The van der Waals surface area contributed by atoms with Gasteiger partial charge in [-0.2, -0.15) is 0 Å². The van der Waals surface area contributed by atoms with Gasteiger partial charge in [0.25, 0.3) is 5.92 Å². The zero-order chi connectivity index (χ0) is 10.8. The number of anilines is 1. The first-order valence-electron chi connectivity index (χ1n) is 4.01. The molecule has 14 heavy (non-hydrogen) atoms. The highest BCUT2D eigenvalue weighted by atomic mass is 127. The minimum atomic E-state index is -2.79. The van der Waals surface area contributed by atoms with Crippen LogP contribution < -0.4 is 5.32 Å². The molecule has 1 atom stereocenters. The van der Waals surface area contributed by atoms with E-state index in [-0.39, 0.29) is 5.95 Å². The summed E-state index contributed by atoms with van der Waals surface area (Å²) in [4.78, 5) is 7.74. The molecule has 1 aromatic heterocycles. The molecule has 78 valence electrons. The SMILES string of the molecule is CC(Nc1ncc(I)cn1)C(C)(F)F. The molecule has 0 radical (unpaired) electrons. The highest BCUT2D eigenvalue weighted by molar-refractivity contribution is 14.1. The molecule has 1 rings (SSSR count). The van der Waals surface area contributed by atoms with Crippen LogP contribution in [0.15, 0.2) is 12.4 Å². The second-order valence-electron chi connectivity index (χ2n) is 3.05. The molecule has 0 saturated carbocycles. The van der Waals surface area contributed by atoms with Crippen LogP contribution in [0.5, 0.6) is 0 Å². The molecule has 0 aliphatic carbocycles. The van der Waals surface area contributed by atoms with Crippen molar-refractivity contribution in [1.82, 2.24) is 9.97 Å². The molecular weight excluding hydrogens is 303 g/mol. The van der Waals surface area contributed by atoms with Crippen LogP contribution in [-0.4, -0.2) is 21.9 Å². The molecule has 0 aliphatic rings. The first-order chi connectivity index (χ1) is 6.39. The van der Waals surface area contributed by atoms with Crippen molar-refractivity contribution < 1.29 is 8.78 Å². The maximum atomic E-state index is 12.8. The van der Waals surface area contributed by atoms with Gasteiger partial charge in [0.05, 0.1) is 6.04 Å². The van der Waals surface area contributed by atoms with Gasteiger partial charge in [0.1, 0.15) is 0 Å². The molecular formula is C8H10F2IN3. The van der Waals surface area contributed by atoms with E-state index >= 15 is 0 Å². The number of alkyl halides is 2. The van der Waals surface area contributed by atoms with Crippen LogP contribution in [-0.2, 0) is 0 Å². The second-order valence-corrected chi connectivity index (χ2v) is 4.29. The summed E-state index contributed by atoms with van der Waals surface area (Å²) in [6.07, 6.45) is 3.13. The van der Waals surface area contributed by atoms with E-state index in [9.17, 15) is 8.78 Å². The van der Waals surface area contributed by atoms with E-state index in [0.29, 0.717) is 0 Å². The Hall–Kier alpha value is -0.530. The lowest BCUT2D eigenvalue weighted by atomic mass is 10.2. The van der Waals surface area contributed by atoms with Crippen molar-refractivity contribution >= 4 is 28.5 Å². The lowest BCUT2D eigenvalue weighted by Gasteiger charge is -2.20. The van der Waals surface area contributed by atoms with Crippen LogP contribution in [0.4, 0.5) is 14.7 Å². The molecule has 6 heteroatoms. The largest absolute Gasteiger partial charge is 0.346 e. The van der Waals surface area contributed by atoms with Crippen molar-refractivity contribution in [3.63, 3.8) is 0 Å². The zero-order valence-electron chi connectivity index (χ0n) is 7.76. The van der Waals surface area contributed by atoms with Crippen molar-refractivity contribution in [3.05, 3.63) is 16.0 Å². The summed E-state index contributed by atoms with van der Waals surface area (Å²) in [5, 5.41) is 2.53. The van der Waals surface area contributed by atoms with Crippen molar-refractivity contribution in [3.8, 4) is 0 Å². The monoisotopic (exact) mass is 313 g/mol. The average molecular weight is 313 g/mol. The molecule has 0 amide bonds. The summed E-state index contributed by atoms with van der Waals surface area (Å²) < 4.78 is 26.4. The van der Waals surface area contributed by atoms with Crippen molar-refractivity contribution in [2.75, 3.05) is 5.32 Å². The maximum absolute atomic E-state index is 12.8. The summed E-state index contributed by atoms with van der Waals surface area (Å²) >= 11 is 2.05. The molecule has 0 aromatic carbocycles. The first-order valence-corrected chi connectivity index (χ1v) is 5.09. The third-order valence-electron chi connectivity index (χ3n) is 1.73. The minimum absolute atomic E-state index is 0.222. The molecule has 1 aromatic rings. The molecule has 0 spiro atoms. The lowest BCUT2D eigenvalue weighted by molar-refractivity contribution is 0.00676. The number of aromatic nitrogens is 2. The van der Waals surface area contributed by atoms with E-state index in [1.54, 1.807) is 12.4 Å². The van der Waals surface area contributed by atoms with Crippen LogP contribution >= 0.6 is 22.6 Å². The third kappa shape index (κ3) is 3.32. The lowest BCUT2D eigenvalue weighted by Crippen LogP contribution is -2.34. The fourth-order valence-corrected chi connectivity index (χ4v) is 0.986. The van der Waals surface area contributed by atoms with Gasteiger partial charge in [0.2, 0.25) is 5.95 Å². The number of hydrogen-bond acceptors (Lipinski definition) is 3. The van der Waals surface area contributed by atoms with Gasteiger partial charge >= 0.3 is 0 Å². The van der Waals surface area contributed by atoms with Gasteiger partial charge in [-0.25, -0.2) is 18.7 Å². The molecule has 0 bridgehead atoms. The maximum Gasteiger partial charge on any atom is 0.264 e. The van der Waals surface area contributed by atoms with Gasteiger partial charge in [-0.3, -0.25) is 0 Å². The topological polar surface area (TPSA) is 37.8 Å². The van der Waals surface area contributed by atoms with Crippen LogP contribution in [0, 0.1) is 3.57 Å². The molecule has 1 N–H and O–H groups in total. The molecule has 1 unspecified atom stereocenters. The number of halogens is 3. The molecule has 0 saturated heterocycles. The van der Waals surface area contributed by atoms with E-state index in [4.69, 9.17) is 0 Å². The van der Waals surface area contributed by atoms with E-state index in [1.165, 1.54) is 6.92 Å². The van der Waals surface area contributed by atoms with Gasteiger partial charge in [0, 0.05) is 22.9 Å². The van der Waals surface area contributed by atoms with Gasteiger partial charge in [0.15, 0.2) is 0 Å². The summed E-state index contributed by atoms with van der Waals surface area (Å²) in [5.41, 5.74) is 0. The van der Waals surface area contributed by atoms with Gasteiger partial charge in [-0.15, -0.1) is 0 Å². The predicted octanol–water partition coefficient (Wildman–Crippen LogP) is 2.54. The Labute approximate surface area is 94.5 Å². The molecule has 0 aliphatic heterocycles. The Balaban J connectivity index is 2.65. The predicted molar refractivity (Wildman–Crippen MR) is 58.5 cm³/mol. The zero-order valence-corrected chi connectivity index (χ0v) is 9.92. The van der Waals surface area contributed by atoms with Crippen molar-refractivity contribution in [2.24, 2.45) is 0 Å². The van der Waals surface area contributed by atoms with E-state index < -0.39 is 12.0 Å². The Morgan fingerprint density at radius 2 is 1.93 bits per heavy atom. The highest BCUT2D eigenvalue weighted by Gasteiger charge is 2.30. The first kappa shape index (κ1) is 11.5. The van der Waals surface area contributed by atoms with Gasteiger partial charge in [-0.05, 0) is 29.5 Å². The molecule has 3 nitrogen and oxygen atoms in total. The van der Waals surface area contributed by atoms with E-state index in [1.807, 2.05) is 22.6 Å². The van der Waals surface area contributed by atoms with E-state index in [0.717, 1.165) is 10.5 Å². The van der Waals surface area contributed by atoms with Crippen molar-refractivity contribution in [2.45, 2.75) is 25.8 Å². The molecule has 1 heterocycles. The van der Waals surface area contributed by atoms with Crippen molar-refractivity contribution in [1.29, 1.82) is 0 Å². The number of nitrogens with zero attached hydrogens (tertiary/aromatic N) is 2. The standard InChI is InChI=1S/C8H10F2IN3/c1-5(8(2,9)10)14-7-12-3-6(11)4-13-7/h3-5H,1-2H3,(H,12,13,14). The summed E-state index contributed by atoms with van der Waals surface area (Å²) in [5.74, 6) is -2.56. The molecule has 0 fully saturated rings. The minimum Gasteiger partial charge on any atom is -0.346 e. The Kier molecular flexibility index (Phi) is 3.57. The summed E-state index contributed by atoms with van der Waals surface area (Å²) in [6, 6.07) is -0.984. The van der Waals surface area contributed by atoms with E-state index in [2.05, 4.69) is 15.3 Å². The summed E-state index contributed by atoms with van der Waals surface area (Å²) in [6.45, 7) is 2.25. The quantitative estimate of drug-likeness (QED) is 0.872. The second kappa shape index (κ2) is 4.33. The summed E-state index contributed by atoms with van der Waals surface area (Å²) in [7, 11) is 0. The van der Waals surface area contributed by atoms with Gasteiger partial charge < -0.3 is 5.32 Å². The number of nitrogens with one attached hydrogen (secondary N) is 1. The van der Waals surface area contributed by atoms with Crippen LogP contribution in [0.2, 0.25) is 0 Å². The Morgan fingerprint density at radius 1 is 1.43 bits per heavy atom. The Bertz CT molecular complexity index is 296. The van der Waals surface area contributed by atoms with Crippen LogP contribution in [0.1, 0.15) is 13.8 Å².